The summed E-state index contributed by atoms with van der Waals surface area (Å²) in [5, 5.41) is 12.6. The van der Waals surface area contributed by atoms with E-state index in [0.29, 0.717) is 23.6 Å². The average molecular weight is 477 g/mol. The van der Waals surface area contributed by atoms with Gasteiger partial charge in [0.1, 0.15) is 18.2 Å². The average Bonchev–Trinajstić information content (AvgIpc) is 2.85. The van der Waals surface area contributed by atoms with Gasteiger partial charge in [0.25, 0.3) is 10.0 Å². The van der Waals surface area contributed by atoms with Crippen molar-refractivity contribution in [2.45, 2.75) is 30.2 Å². The normalized spacial score (nSPS) is 14.2. The summed E-state index contributed by atoms with van der Waals surface area (Å²) in [7, 11) is -3.68. The monoisotopic (exact) mass is 476 g/mol. The smallest absolute Gasteiger partial charge is 0.326 e. The van der Waals surface area contributed by atoms with Crippen LogP contribution in [0.1, 0.15) is 19.3 Å². The standard InChI is InChI=1S/C25H24N4O4S/c30-25(31)23(15-18-7-3-1-4-8-18)28-24-16-22(26-17-27-24)19-11-13-20(14-12-19)29-34(32,33)21-9-5-2-6-10-21/h2-3,5-14,16-17,23,29H,1,4,15H2,(H,30,31)(H,26,27,28). The lowest BCUT2D eigenvalue weighted by atomic mass is 10.00. The third-order valence-corrected chi connectivity index (χ3v) is 6.68. The molecule has 1 heterocycles. The molecule has 0 radical (unpaired) electrons. The Kier molecular flexibility index (Phi) is 7.03. The lowest BCUT2D eigenvalue weighted by Crippen LogP contribution is -2.30. The Balaban J connectivity index is 1.47. The van der Waals surface area contributed by atoms with Crippen LogP contribution in [0.2, 0.25) is 0 Å². The fourth-order valence-corrected chi connectivity index (χ4v) is 4.63. The Bertz CT molecular complexity index is 1320. The van der Waals surface area contributed by atoms with Gasteiger partial charge < -0.3 is 10.4 Å². The fraction of sp³-hybridized carbons (Fsp3) is 0.160. The molecule has 8 nitrogen and oxygen atoms in total. The predicted octanol–water partition coefficient (Wildman–Crippen LogP) is 4.48. The van der Waals surface area contributed by atoms with E-state index >= 15 is 0 Å². The minimum Gasteiger partial charge on any atom is -0.480 e. The SMILES string of the molecule is O=C(O)C(CC1=CCCC=C1)Nc1cc(-c2ccc(NS(=O)(=O)c3ccccc3)cc2)ncn1. The minimum absolute atomic E-state index is 0.179. The van der Waals surface area contributed by atoms with E-state index < -0.39 is 22.0 Å². The Labute approximate surface area is 198 Å². The molecule has 34 heavy (non-hydrogen) atoms. The van der Waals surface area contributed by atoms with Gasteiger partial charge in [0, 0.05) is 23.7 Å². The zero-order valence-electron chi connectivity index (χ0n) is 18.3. The first-order valence-corrected chi connectivity index (χ1v) is 12.2. The maximum absolute atomic E-state index is 12.5. The highest BCUT2D eigenvalue weighted by Crippen LogP contribution is 2.24. The minimum atomic E-state index is -3.68. The molecule has 1 unspecified atom stereocenters. The molecule has 0 saturated heterocycles. The van der Waals surface area contributed by atoms with E-state index in [1.54, 1.807) is 48.5 Å². The van der Waals surface area contributed by atoms with E-state index in [-0.39, 0.29) is 4.90 Å². The highest BCUT2D eigenvalue weighted by molar-refractivity contribution is 7.92. The number of sulfonamides is 1. The van der Waals surface area contributed by atoms with Gasteiger partial charge in [-0.2, -0.15) is 0 Å². The molecule has 0 spiro atoms. The van der Waals surface area contributed by atoms with Gasteiger partial charge in [-0.15, -0.1) is 0 Å². The third-order valence-electron chi connectivity index (χ3n) is 5.29. The summed E-state index contributed by atoms with van der Waals surface area (Å²) in [4.78, 5) is 20.4. The highest BCUT2D eigenvalue weighted by atomic mass is 32.2. The lowest BCUT2D eigenvalue weighted by Gasteiger charge is -2.17. The number of benzene rings is 2. The van der Waals surface area contributed by atoms with Crippen molar-refractivity contribution in [3.05, 3.63) is 90.8 Å². The van der Waals surface area contributed by atoms with Crippen LogP contribution in [0.4, 0.5) is 11.5 Å². The molecule has 2 aromatic carbocycles. The fourth-order valence-electron chi connectivity index (χ4n) is 3.55. The molecule has 0 bridgehead atoms. The summed E-state index contributed by atoms with van der Waals surface area (Å²) < 4.78 is 27.6. The number of allylic oxidation sites excluding steroid dienone is 3. The maximum Gasteiger partial charge on any atom is 0.326 e. The maximum atomic E-state index is 12.5. The van der Waals surface area contributed by atoms with Gasteiger partial charge >= 0.3 is 5.97 Å². The van der Waals surface area contributed by atoms with Crippen molar-refractivity contribution in [1.82, 2.24) is 9.97 Å². The van der Waals surface area contributed by atoms with Crippen LogP contribution in [0.15, 0.2) is 95.7 Å². The molecule has 174 valence electrons. The first-order chi connectivity index (χ1) is 16.4. The van der Waals surface area contributed by atoms with Gasteiger partial charge in [0.15, 0.2) is 0 Å². The van der Waals surface area contributed by atoms with Gasteiger partial charge in [0.05, 0.1) is 10.6 Å². The molecule has 1 aromatic heterocycles. The molecular formula is C25H24N4O4S. The van der Waals surface area contributed by atoms with Crippen molar-refractivity contribution in [2.75, 3.05) is 10.0 Å². The Morgan fingerprint density at radius 2 is 1.79 bits per heavy atom. The number of rotatable bonds is 9. The molecule has 3 aromatic rings. The quantitative estimate of drug-likeness (QED) is 0.416. The van der Waals surface area contributed by atoms with E-state index in [0.717, 1.165) is 24.0 Å². The van der Waals surface area contributed by atoms with Gasteiger partial charge in [-0.1, -0.05) is 48.6 Å². The number of anilines is 2. The summed E-state index contributed by atoms with van der Waals surface area (Å²) in [5.74, 6) is -0.568. The van der Waals surface area contributed by atoms with E-state index in [2.05, 4.69) is 26.1 Å². The predicted molar refractivity (Wildman–Crippen MR) is 131 cm³/mol. The summed E-state index contributed by atoms with van der Waals surface area (Å²) in [5.41, 5.74) is 2.71. The number of carbonyl (C=O) groups is 1. The van der Waals surface area contributed by atoms with Crippen LogP contribution in [0.25, 0.3) is 11.3 Å². The van der Waals surface area contributed by atoms with Crippen molar-refractivity contribution < 1.29 is 18.3 Å². The Hall–Kier alpha value is -3.98. The summed E-state index contributed by atoms with van der Waals surface area (Å²) in [6.07, 6.45) is 9.64. The van der Waals surface area contributed by atoms with Crippen LogP contribution in [-0.4, -0.2) is 35.5 Å². The lowest BCUT2D eigenvalue weighted by molar-refractivity contribution is -0.137. The molecule has 3 N–H and O–H groups in total. The van der Waals surface area contributed by atoms with Crippen LogP contribution in [0.5, 0.6) is 0 Å². The highest BCUT2D eigenvalue weighted by Gasteiger charge is 2.20. The van der Waals surface area contributed by atoms with Crippen LogP contribution < -0.4 is 10.0 Å². The summed E-state index contributed by atoms with van der Waals surface area (Å²) in [6, 6.07) is 15.7. The number of aliphatic carboxylic acids is 1. The third kappa shape index (κ3) is 5.87. The van der Waals surface area contributed by atoms with E-state index in [4.69, 9.17) is 0 Å². The molecule has 0 fully saturated rings. The van der Waals surface area contributed by atoms with Gasteiger partial charge in [-0.25, -0.2) is 23.2 Å². The van der Waals surface area contributed by atoms with Crippen molar-refractivity contribution in [1.29, 1.82) is 0 Å². The number of nitrogens with one attached hydrogen (secondary N) is 2. The topological polar surface area (TPSA) is 121 Å². The van der Waals surface area contributed by atoms with E-state index in [1.165, 1.54) is 18.5 Å². The first kappa shape index (κ1) is 23.2. The van der Waals surface area contributed by atoms with Crippen molar-refractivity contribution in [2.24, 2.45) is 0 Å². The molecule has 4 rings (SSSR count). The molecule has 1 aliphatic rings. The second-order valence-electron chi connectivity index (χ2n) is 7.78. The zero-order chi connectivity index (χ0) is 24.0. The summed E-state index contributed by atoms with van der Waals surface area (Å²) in [6.45, 7) is 0. The molecule has 1 atom stereocenters. The van der Waals surface area contributed by atoms with Crippen LogP contribution in [0.3, 0.4) is 0 Å². The number of nitrogens with zero attached hydrogens (tertiary/aromatic N) is 2. The number of hydrogen-bond donors (Lipinski definition) is 3. The number of carboxylic acid groups (broad SMARTS) is 1. The molecule has 1 aliphatic carbocycles. The number of hydrogen-bond acceptors (Lipinski definition) is 6. The molecule has 0 aliphatic heterocycles. The second kappa shape index (κ2) is 10.3. The Morgan fingerprint density at radius 3 is 2.47 bits per heavy atom. The zero-order valence-corrected chi connectivity index (χ0v) is 19.1. The van der Waals surface area contributed by atoms with Crippen LogP contribution in [-0.2, 0) is 14.8 Å². The Morgan fingerprint density at radius 1 is 1.03 bits per heavy atom. The van der Waals surface area contributed by atoms with Crippen molar-refractivity contribution >= 4 is 27.5 Å². The summed E-state index contributed by atoms with van der Waals surface area (Å²) >= 11 is 0. The van der Waals surface area contributed by atoms with Gasteiger partial charge in [-0.05, 0) is 42.7 Å². The van der Waals surface area contributed by atoms with Gasteiger partial charge in [-0.3, -0.25) is 4.72 Å². The van der Waals surface area contributed by atoms with Crippen molar-refractivity contribution in [3.8, 4) is 11.3 Å². The largest absolute Gasteiger partial charge is 0.480 e. The van der Waals surface area contributed by atoms with Crippen LogP contribution >= 0.6 is 0 Å². The molecule has 9 heteroatoms. The van der Waals surface area contributed by atoms with Gasteiger partial charge in [0.2, 0.25) is 0 Å². The van der Waals surface area contributed by atoms with Crippen LogP contribution in [0, 0.1) is 0 Å². The molecular weight excluding hydrogens is 452 g/mol. The van der Waals surface area contributed by atoms with E-state index in [1.807, 2.05) is 12.2 Å². The number of carboxylic acids is 1. The number of aromatic nitrogens is 2. The molecule has 0 amide bonds. The van der Waals surface area contributed by atoms with E-state index in [9.17, 15) is 18.3 Å². The van der Waals surface area contributed by atoms with Crippen molar-refractivity contribution in [3.63, 3.8) is 0 Å². The molecule has 0 saturated carbocycles. The first-order valence-electron chi connectivity index (χ1n) is 10.8. The second-order valence-corrected chi connectivity index (χ2v) is 9.46.